The van der Waals surface area contributed by atoms with Crippen molar-refractivity contribution in [3.05, 3.63) is 47.7 Å². The number of para-hydroxylation sites is 1. The molecule has 1 aliphatic rings. The van der Waals surface area contributed by atoms with Crippen molar-refractivity contribution >= 4 is 28.7 Å². The summed E-state index contributed by atoms with van der Waals surface area (Å²) in [7, 11) is 0. The maximum atomic E-state index is 12.4. The van der Waals surface area contributed by atoms with Gasteiger partial charge in [0, 0.05) is 38.1 Å². The number of hydrogen-bond donors (Lipinski definition) is 2. The maximum absolute atomic E-state index is 12.4. The van der Waals surface area contributed by atoms with E-state index in [1.165, 1.54) is 11.3 Å². The van der Waals surface area contributed by atoms with E-state index in [4.69, 9.17) is 5.73 Å². The first-order valence-electron chi connectivity index (χ1n) is 8.90. The molecule has 0 fully saturated rings. The van der Waals surface area contributed by atoms with Gasteiger partial charge in [0.05, 0.1) is 5.56 Å². The maximum Gasteiger partial charge on any atom is 0.252 e. The van der Waals surface area contributed by atoms with Gasteiger partial charge in [-0.3, -0.25) is 9.36 Å². The van der Waals surface area contributed by atoms with Gasteiger partial charge in [-0.1, -0.05) is 18.2 Å². The van der Waals surface area contributed by atoms with Gasteiger partial charge in [-0.05, 0) is 31.0 Å². The van der Waals surface area contributed by atoms with Crippen LogP contribution in [0.1, 0.15) is 22.8 Å². The number of hydrogen-bond acceptors (Lipinski definition) is 5. The third-order valence-electron chi connectivity index (χ3n) is 4.84. The highest BCUT2D eigenvalue weighted by Gasteiger charge is 2.18. The van der Waals surface area contributed by atoms with Gasteiger partial charge in [0.1, 0.15) is 5.52 Å². The van der Waals surface area contributed by atoms with Gasteiger partial charge in [-0.25, -0.2) is 9.97 Å². The van der Waals surface area contributed by atoms with Crippen LogP contribution in [0.15, 0.2) is 36.5 Å². The number of anilines is 2. The predicted octanol–water partition coefficient (Wildman–Crippen LogP) is 1.83. The number of pyridine rings is 1. The number of carbonyl (C=O) groups is 1. The minimum Gasteiger partial charge on any atom is -0.369 e. The lowest BCUT2D eigenvalue weighted by Crippen LogP contribution is -2.34. The first-order chi connectivity index (χ1) is 12.7. The molecule has 0 radical (unpaired) electrons. The summed E-state index contributed by atoms with van der Waals surface area (Å²) in [5, 5.41) is 2.97. The molecule has 0 aliphatic carbocycles. The van der Waals surface area contributed by atoms with Gasteiger partial charge in [0.15, 0.2) is 5.65 Å². The molecular weight excluding hydrogens is 328 g/mol. The quantitative estimate of drug-likeness (QED) is 0.733. The Kier molecular flexibility index (Phi) is 4.20. The van der Waals surface area contributed by atoms with Crippen LogP contribution in [0.3, 0.4) is 0 Å². The van der Waals surface area contributed by atoms with Crippen molar-refractivity contribution in [2.24, 2.45) is 0 Å². The number of aryl methyl sites for hydroxylation is 1. The Morgan fingerprint density at radius 1 is 1.35 bits per heavy atom. The third-order valence-corrected chi connectivity index (χ3v) is 4.84. The lowest BCUT2D eigenvalue weighted by Gasteiger charge is -2.19. The molecule has 0 saturated heterocycles. The molecule has 0 atom stereocenters. The molecule has 3 aromatic rings. The summed E-state index contributed by atoms with van der Waals surface area (Å²) in [5.74, 6) is 0.275. The van der Waals surface area contributed by atoms with Crippen LogP contribution in [0.5, 0.6) is 0 Å². The van der Waals surface area contributed by atoms with E-state index in [-0.39, 0.29) is 5.91 Å². The summed E-state index contributed by atoms with van der Waals surface area (Å²) in [4.78, 5) is 23.4. The summed E-state index contributed by atoms with van der Waals surface area (Å²) >= 11 is 0. The van der Waals surface area contributed by atoms with Crippen LogP contribution in [0, 0.1) is 0 Å². The van der Waals surface area contributed by atoms with Crippen molar-refractivity contribution in [2.75, 3.05) is 30.3 Å². The number of nitrogens with zero attached hydrogens (tertiary/aromatic N) is 4. The molecule has 3 heterocycles. The second-order valence-corrected chi connectivity index (χ2v) is 6.40. The molecule has 1 amide bonds. The summed E-state index contributed by atoms with van der Waals surface area (Å²) in [5.41, 5.74) is 10.4. The fourth-order valence-corrected chi connectivity index (χ4v) is 3.51. The minimum atomic E-state index is -0.142. The van der Waals surface area contributed by atoms with E-state index in [1.807, 2.05) is 11.5 Å². The van der Waals surface area contributed by atoms with Crippen LogP contribution < -0.4 is 16.0 Å². The number of amides is 1. The number of aromatic nitrogens is 3. The summed E-state index contributed by atoms with van der Waals surface area (Å²) < 4.78 is 1.82. The molecule has 1 aliphatic heterocycles. The molecule has 1 aromatic carbocycles. The number of nitrogens with one attached hydrogen (secondary N) is 1. The number of nitrogen functional groups attached to an aromatic ring is 1. The highest BCUT2D eigenvalue weighted by molar-refractivity contribution is 5.96. The van der Waals surface area contributed by atoms with Crippen molar-refractivity contribution in [3.8, 4) is 0 Å². The highest BCUT2D eigenvalue weighted by atomic mass is 16.1. The standard InChI is InChI=1S/C19H22N6O/c1-2-25-17-15(23-19(25)20)11-14(12-22-17)18(26)21-8-10-24-9-7-13-5-3-4-6-16(13)24/h3-6,11-12H,2,7-10H2,1H3,(H2,20,23)(H,21,26). The van der Waals surface area contributed by atoms with Gasteiger partial charge in [-0.2, -0.15) is 0 Å². The normalized spacial score (nSPS) is 13.2. The number of nitrogens with two attached hydrogens (primary N) is 1. The fourth-order valence-electron chi connectivity index (χ4n) is 3.51. The summed E-state index contributed by atoms with van der Waals surface area (Å²) in [6.45, 7) is 5.04. The zero-order valence-electron chi connectivity index (χ0n) is 14.8. The van der Waals surface area contributed by atoms with E-state index in [9.17, 15) is 4.79 Å². The van der Waals surface area contributed by atoms with Crippen molar-refractivity contribution < 1.29 is 4.79 Å². The van der Waals surface area contributed by atoms with Crippen molar-refractivity contribution in [2.45, 2.75) is 19.9 Å². The molecule has 4 rings (SSSR count). The summed E-state index contributed by atoms with van der Waals surface area (Å²) in [6, 6.07) is 10.2. The van der Waals surface area contributed by atoms with Gasteiger partial charge in [0.2, 0.25) is 5.95 Å². The number of rotatable bonds is 5. The van der Waals surface area contributed by atoms with Gasteiger partial charge >= 0.3 is 0 Å². The first-order valence-corrected chi connectivity index (χ1v) is 8.90. The Hall–Kier alpha value is -3.09. The Morgan fingerprint density at radius 3 is 3.04 bits per heavy atom. The fraction of sp³-hybridized carbons (Fsp3) is 0.316. The molecule has 0 saturated carbocycles. The Balaban J connectivity index is 1.40. The Morgan fingerprint density at radius 2 is 2.19 bits per heavy atom. The average molecular weight is 350 g/mol. The van der Waals surface area contributed by atoms with Crippen LogP contribution in [0.2, 0.25) is 0 Å². The monoisotopic (exact) mass is 350 g/mol. The van der Waals surface area contributed by atoms with Crippen molar-refractivity contribution in [3.63, 3.8) is 0 Å². The second-order valence-electron chi connectivity index (χ2n) is 6.40. The lowest BCUT2D eigenvalue weighted by atomic mass is 10.2. The number of benzene rings is 1. The number of carbonyl (C=O) groups excluding carboxylic acids is 1. The molecule has 0 unspecified atom stereocenters. The van der Waals surface area contributed by atoms with E-state index >= 15 is 0 Å². The molecule has 0 spiro atoms. The van der Waals surface area contributed by atoms with Gasteiger partial charge in [0.25, 0.3) is 5.91 Å². The van der Waals surface area contributed by atoms with Crippen LogP contribution in [-0.2, 0) is 13.0 Å². The van der Waals surface area contributed by atoms with Crippen LogP contribution >= 0.6 is 0 Å². The third kappa shape index (κ3) is 2.85. The average Bonchev–Trinajstić information content (AvgIpc) is 3.21. The number of fused-ring (bicyclic) bond motifs is 2. The SMILES string of the molecule is CCn1c(N)nc2cc(C(=O)NCCN3CCc4ccccc43)cnc21. The van der Waals surface area contributed by atoms with Gasteiger partial charge in [-0.15, -0.1) is 0 Å². The zero-order valence-corrected chi connectivity index (χ0v) is 14.8. The topological polar surface area (TPSA) is 89.1 Å². The van der Waals surface area contributed by atoms with E-state index in [1.54, 1.807) is 12.3 Å². The van der Waals surface area contributed by atoms with Crippen LogP contribution in [0.4, 0.5) is 11.6 Å². The van der Waals surface area contributed by atoms with E-state index < -0.39 is 0 Å². The predicted molar refractivity (Wildman–Crippen MR) is 102 cm³/mol. The largest absolute Gasteiger partial charge is 0.369 e. The lowest BCUT2D eigenvalue weighted by molar-refractivity contribution is 0.0954. The molecule has 3 N–H and O–H groups in total. The van der Waals surface area contributed by atoms with E-state index in [0.29, 0.717) is 35.8 Å². The summed E-state index contributed by atoms with van der Waals surface area (Å²) in [6.07, 6.45) is 2.64. The second kappa shape index (κ2) is 6.67. The molecule has 26 heavy (non-hydrogen) atoms. The Labute approximate surface area is 151 Å². The van der Waals surface area contributed by atoms with Crippen molar-refractivity contribution in [1.82, 2.24) is 19.9 Å². The molecular formula is C19H22N6O. The van der Waals surface area contributed by atoms with E-state index in [0.717, 1.165) is 19.5 Å². The minimum absolute atomic E-state index is 0.142. The van der Waals surface area contributed by atoms with Crippen LogP contribution in [0.25, 0.3) is 11.2 Å². The van der Waals surface area contributed by atoms with Crippen molar-refractivity contribution in [1.29, 1.82) is 0 Å². The Bertz CT molecular complexity index is 964. The molecule has 7 nitrogen and oxygen atoms in total. The smallest absolute Gasteiger partial charge is 0.252 e. The first kappa shape index (κ1) is 16.4. The highest BCUT2D eigenvalue weighted by Crippen LogP contribution is 2.26. The molecule has 134 valence electrons. The zero-order chi connectivity index (χ0) is 18.1. The number of imidazole rings is 1. The molecule has 0 bridgehead atoms. The molecule has 7 heteroatoms. The molecule has 2 aromatic heterocycles. The van der Waals surface area contributed by atoms with Crippen LogP contribution in [-0.4, -0.2) is 40.1 Å². The van der Waals surface area contributed by atoms with E-state index in [2.05, 4.69) is 44.5 Å². The van der Waals surface area contributed by atoms with Gasteiger partial charge < -0.3 is 16.0 Å².